The maximum Gasteiger partial charge on any atom is 0.252 e. The van der Waals surface area contributed by atoms with Crippen molar-refractivity contribution in [1.29, 1.82) is 0 Å². The van der Waals surface area contributed by atoms with Gasteiger partial charge in [-0.25, -0.2) is 8.93 Å². The van der Waals surface area contributed by atoms with Gasteiger partial charge < -0.3 is 4.90 Å². The molecule has 0 saturated heterocycles. The number of fused-ring (bicyclic) bond motifs is 1. The van der Waals surface area contributed by atoms with Crippen LogP contribution in [0, 0.1) is 0 Å². The summed E-state index contributed by atoms with van der Waals surface area (Å²) >= 11 is 0. The molecular formula is C15H22N2O2S. The highest BCUT2D eigenvalue weighted by Crippen LogP contribution is 2.40. The van der Waals surface area contributed by atoms with E-state index in [1.807, 2.05) is 58.9 Å². The molecule has 1 aliphatic rings. The van der Waals surface area contributed by atoms with E-state index >= 15 is 0 Å². The number of likely N-dealkylation sites (N-methyl/N-ethyl adjacent to an activating group) is 1. The van der Waals surface area contributed by atoms with Crippen LogP contribution in [0.25, 0.3) is 0 Å². The van der Waals surface area contributed by atoms with Crippen LogP contribution in [0.3, 0.4) is 0 Å². The van der Waals surface area contributed by atoms with Gasteiger partial charge in [0.2, 0.25) is 0 Å². The maximum absolute atomic E-state index is 12.7. The van der Waals surface area contributed by atoms with E-state index in [1.165, 1.54) is 0 Å². The zero-order chi connectivity index (χ0) is 15.1. The first kappa shape index (κ1) is 15.2. The third-order valence-electron chi connectivity index (χ3n) is 3.58. The Balaban J connectivity index is 2.46. The van der Waals surface area contributed by atoms with Crippen molar-refractivity contribution in [1.82, 2.24) is 4.72 Å². The monoisotopic (exact) mass is 294 g/mol. The van der Waals surface area contributed by atoms with Crippen molar-refractivity contribution in [3.8, 4) is 0 Å². The minimum atomic E-state index is -1.31. The molecule has 4 nitrogen and oxygen atoms in total. The van der Waals surface area contributed by atoms with Crippen LogP contribution in [0.1, 0.15) is 40.2 Å². The second-order valence-corrected chi connectivity index (χ2v) is 8.14. The fourth-order valence-electron chi connectivity index (χ4n) is 2.38. The number of anilines is 1. The van der Waals surface area contributed by atoms with E-state index in [-0.39, 0.29) is 5.91 Å². The molecule has 1 heterocycles. The summed E-state index contributed by atoms with van der Waals surface area (Å²) < 4.78 is 15.0. The molecule has 1 aromatic rings. The Morgan fingerprint density at radius 3 is 2.45 bits per heavy atom. The molecule has 0 radical (unpaired) electrons. The van der Waals surface area contributed by atoms with Gasteiger partial charge in [-0.05, 0) is 40.7 Å². The normalized spacial score (nSPS) is 23.9. The smallest absolute Gasteiger partial charge is 0.252 e. The Labute approximate surface area is 123 Å². The van der Waals surface area contributed by atoms with Crippen LogP contribution in [0.2, 0.25) is 0 Å². The lowest BCUT2D eigenvalue weighted by molar-refractivity contribution is -0.123. The first-order valence-corrected chi connectivity index (χ1v) is 7.98. The van der Waals surface area contributed by atoms with Gasteiger partial charge in [0.15, 0.2) is 0 Å². The zero-order valence-electron chi connectivity index (χ0n) is 12.7. The SMILES string of the molecule is CCN1C(=O)[C@](C)(NS(=O)C(C)(C)C)c2ccccc21. The second kappa shape index (κ2) is 4.97. The van der Waals surface area contributed by atoms with Gasteiger partial charge in [-0.3, -0.25) is 4.79 Å². The third-order valence-corrected chi connectivity index (χ3v) is 5.28. The third kappa shape index (κ3) is 2.29. The number of nitrogens with one attached hydrogen (secondary N) is 1. The summed E-state index contributed by atoms with van der Waals surface area (Å²) in [7, 11) is -1.31. The summed E-state index contributed by atoms with van der Waals surface area (Å²) in [4.78, 5) is 14.4. The quantitative estimate of drug-likeness (QED) is 0.930. The Hall–Kier alpha value is -1.20. The predicted molar refractivity (Wildman–Crippen MR) is 82.9 cm³/mol. The summed E-state index contributed by atoms with van der Waals surface area (Å²) in [6.07, 6.45) is 0. The zero-order valence-corrected chi connectivity index (χ0v) is 13.5. The molecule has 1 unspecified atom stereocenters. The van der Waals surface area contributed by atoms with E-state index < -0.39 is 21.3 Å². The van der Waals surface area contributed by atoms with Crippen molar-refractivity contribution in [2.75, 3.05) is 11.4 Å². The van der Waals surface area contributed by atoms with Crippen molar-refractivity contribution in [2.45, 2.75) is 44.9 Å². The van der Waals surface area contributed by atoms with Crippen molar-refractivity contribution < 1.29 is 9.00 Å². The van der Waals surface area contributed by atoms with Gasteiger partial charge in [0.1, 0.15) is 5.54 Å². The first-order valence-electron chi connectivity index (χ1n) is 6.83. The molecule has 0 fully saturated rings. The molecule has 0 spiro atoms. The standard InChI is InChI=1S/C15H22N2O2S/c1-6-17-12-10-8-7-9-11(12)15(5,13(17)18)16-20(19)14(2,3)4/h7-10,16H,6H2,1-5H3/t15-,20?/m1/s1. The van der Waals surface area contributed by atoms with Gasteiger partial charge in [0, 0.05) is 17.8 Å². The van der Waals surface area contributed by atoms with Crippen LogP contribution < -0.4 is 9.62 Å². The molecule has 1 N–H and O–H groups in total. The number of carbonyl (C=O) groups excluding carboxylic acids is 1. The average molecular weight is 294 g/mol. The molecule has 1 amide bonds. The van der Waals surface area contributed by atoms with E-state index in [4.69, 9.17) is 0 Å². The molecule has 2 atom stereocenters. The fourth-order valence-corrected chi connectivity index (χ4v) is 3.25. The number of benzene rings is 1. The molecular weight excluding hydrogens is 272 g/mol. The van der Waals surface area contributed by atoms with Crippen LogP contribution in [0.15, 0.2) is 24.3 Å². The Morgan fingerprint density at radius 2 is 1.90 bits per heavy atom. The number of rotatable bonds is 3. The summed E-state index contributed by atoms with van der Waals surface area (Å²) in [6.45, 7) is 10.0. The number of hydrogen-bond donors (Lipinski definition) is 1. The summed E-state index contributed by atoms with van der Waals surface area (Å²) in [5.74, 6) is -0.0428. The van der Waals surface area contributed by atoms with Crippen molar-refractivity contribution >= 4 is 22.6 Å². The predicted octanol–water partition coefficient (Wildman–Crippen LogP) is 2.32. The number of para-hydroxylation sites is 1. The molecule has 0 aromatic heterocycles. The van der Waals surface area contributed by atoms with Gasteiger partial charge in [0.05, 0.1) is 15.7 Å². The molecule has 1 aliphatic heterocycles. The molecule has 1 aromatic carbocycles. The summed E-state index contributed by atoms with van der Waals surface area (Å²) in [5.41, 5.74) is 0.871. The van der Waals surface area contributed by atoms with Gasteiger partial charge >= 0.3 is 0 Å². The second-order valence-electron chi connectivity index (χ2n) is 6.17. The van der Waals surface area contributed by atoms with E-state index in [0.29, 0.717) is 6.54 Å². The molecule has 0 bridgehead atoms. The van der Waals surface area contributed by atoms with Gasteiger partial charge in [-0.15, -0.1) is 0 Å². The minimum absolute atomic E-state index is 0.0428. The van der Waals surface area contributed by atoms with E-state index in [2.05, 4.69) is 4.72 Å². The Bertz CT molecular complexity index is 565. The lowest BCUT2D eigenvalue weighted by Crippen LogP contribution is -2.52. The van der Waals surface area contributed by atoms with Gasteiger partial charge in [-0.1, -0.05) is 18.2 Å². The van der Waals surface area contributed by atoms with Crippen LogP contribution >= 0.6 is 0 Å². The van der Waals surface area contributed by atoms with E-state index in [9.17, 15) is 9.00 Å². The average Bonchev–Trinajstić information content (AvgIpc) is 2.58. The fraction of sp³-hybridized carbons (Fsp3) is 0.533. The number of carbonyl (C=O) groups is 1. The molecule has 0 aliphatic carbocycles. The van der Waals surface area contributed by atoms with Crippen LogP contribution in [0.5, 0.6) is 0 Å². The van der Waals surface area contributed by atoms with Crippen molar-refractivity contribution in [3.63, 3.8) is 0 Å². The lowest BCUT2D eigenvalue weighted by Gasteiger charge is -2.29. The van der Waals surface area contributed by atoms with Gasteiger partial charge in [0.25, 0.3) is 5.91 Å². The van der Waals surface area contributed by atoms with Gasteiger partial charge in [-0.2, -0.15) is 0 Å². The minimum Gasteiger partial charge on any atom is -0.310 e. The first-order chi connectivity index (χ1) is 9.21. The molecule has 20 heavy (non-hydrogen) atoms. The number of amides is 1. The summed E-state index contributed by atoms with van der Waals surface area (Å²) in [6, 6.07) is 7.69. The van der Waals surface area contributed by atoms with Crippen molar-refractivity contribution in [2.24, 2.45) is 0 Å². The van der Waals surface area contributed by atoms with Crippen LogP contribution in [-0.4, -0.2) is 21.4 Å². The number of nitrogens with zero attached hydrogens (tertiary/aromatic N) is 1. The van der Waals surface area contributed by atoms with E-state index in [1.54, 1.807) is 4.90 Å². The molecule has 5 heteroatoms. The Morgan fingerprint density at radius 1 is 1.30 bits per heavy atom. The largest absolute Gasteiger partial charge is 0.310 e. The topological polar surface area (TPSA) is 49.4 Å². The van der Waals surface area contributed by atoms with E-state index in [0.717, 1.165) is 11.3 Å². The van der Waals surface area contributed by atoms with Crippen LogP contribution in [0.4, 0.5) is 5.69 Å². The summed E-state index contributed by atoms with van der Waals surface area (Å²) in [5, 5.41) is 0. The highest BCUT2D eigenvalue weighted by Gasteiger charge is 2.48. The lowest BCUT2D eigenvalue weighted by atomic mass is 9.95. The molecule has 2 rings (SSSR count). The highest BCUT2D eigenvalue weighted by molar-refractivity contribution is 7.84. The maximum atomic E-state index is 12.7. The number of hydrogen-bond acceptors (Lipinski definition) is 2. The highest BCUT2D eigenvalue weighted by atomic mass is 32.2. The molecule has 110 valence electrons. The van der Waals surface area contributed by atoms with Crippen LogP contribution in [-0.2, 0) is 21.3 Å². The Kier molecular flexibility index (Phi) is 3.77. The van der Waals surface area contributed by atoms with Crippen molar-refractivity contribution in [3.05, 3.63) is 29.8 Å². The molecule has 0 saturated carbocycles.